The molecule has 0 radical (unpaired) electrons. The Kier molecular flexibility index (Phi) is 3.96. The molecule has 1 aliphatic heterocycles. The maximum Gasteiger partial charge on any atom is 0.254 e. The molecular weight excluding hydrogens is 232 g/mol. The van der Waals surface area contributed by atoms with Crippen LogP contribution in [0.2, 0.25) is 0 Å². The van der Waals surface area contributed by atoms with E-state index in [-0.39, 0.29) is 11.8 Å². The molecule has 1 aliphatic rings. The normalized spacial score (nSPS) is 15.2. The Morgan fingerprint density at radius 3 is 3.00 bits per heavy atom. The Hall–Kier alpha value is -1.85. The van der Waals surface area contributed by atoms with Crippen LogP contribution in [0, 0.1) is 0 Å². The molecule has 0 aromatic carbocycles. The fourth-order valence-corrected chi connectivity index (χ4v) is 2.05. The number of aromatic nitrogens is 2. The molecule has 98 valence electrons. The van der Waals surface area contributed by atoms with Crippen LogP contribution >= 0.6 is 0 Å². The Labute approximate surface area is 106 Å². The second kappa shape index (κ2) is 5.66. The highest BCUT2D eigenvalue weighted by atomic mass is 16.2. The smallest absolute Gasteiger partial charge is 0.254 e. The van der Waals surface area contributed by atoms with Crippen LogP contribution in [-0.4, -0.2) is 46.1 Å². The number of aryl methyl sites for hydroxylation is 1. The predicted octanol–water partition coefficient (Wildman–Crippen LogP) is 0.162. The minimum atomic E-state index is -0.115. The lowest BCUT2D eigenvalue weighted by molar-refractivity contribution is -0.127. The van der Waals surface area contributed by atoms with Gasteiger partial charge in [0.25, 0.3) is 5.91 Å². The summed E-state index contributed by atoms with van der Waals surface area (Å²) in [5, 5.41) is 6.76. The van der Waals surface area contributed by atoms with E-state index in [0.717, 1.165) is 25.9 Å². The van der Waals surface area contributed by atoms with Crippen LogP contribution < -0.4 is 5.32 Å². The van der Waals surface area contributed by atoms with Gasteiger partial charge in [-0.1, -0.05) is 0 Å². The van der Waals surface area contributed by atoms with Gasteiger partial charge in [0.15, 0.2) is 0 Å². The van der Waals surface area contributed by atoms with E-state index in [9.17, 15) is 9.59 Å². The molecule has 2 rings (SSSR count). The summed E-state index contributed by atoms with van der Waals surface area (Å²) in [7, 11) is 1.77. The number of amides is 2. The fourth-order valence-electron chi connectivity index (χ4n) is 2.05. The SMILES string of the molecule is Cn1cc(C(=O)NCCCN2CCCC2=O)cn1. The van der Waals surface area contributed by atoms with Crippen molar-refractivity contribution in [2.24, 2.45) is 7.05 Å². The maximum absolute atomic E-state index is 11.7. The number of likely N-dealkylation sites (tertiary alicyclic amines) is 1. The summed E-state index contributed by atoms with van der Waals surface area (Å²) >= 11 is 0. The van der Waals surface area contributed by atoms with Gasteiger partial charge in [0, 0.05) is 39.3 Å². The number of nitrogens with one attached hydrogen (secondary N) is 1. The van der Waals surface area contributed by atoms with Crippen molar-refractivity contribution in [3.05, 3.63) is 18.0 Å². The summed E-state index contributed by atoms with van der Waals surface area (Å²) in [6.07, 6.45) is 5.64. The van der Waals surface area contributed by atoms with Crippen LogP contribution in [0.5, 0.6) is 0 Å². The van der Waals surface area contributed by atoms with Gasteiger partial charge in [-0.05, 0) is 12.8 Å². The van der Waals surface area contributed by atoms with Crippen molar-refractivity contribution < 1.29 is 9.59 Å². The van der Waals surface area contributed by atoms with Crippen LogP contribution in [0.3, 0.4) is 0 Å². The molecule has 18 heavy (non-hydrogen) atoms. The predicted molar refractivity (Wildman–Crippen MR) is 66.0 cm³/mol. The van der Waals surface area contributed by atoms with E-state index in [2.05, 4.69) is 10.4 Å². The molecule has 0 saturated carbocycles. The van der Waals surface area contributed by atoms with E-state index in [1.807, 2.05) is 4.90 Å². The Bertz CT molecular complexity index is 441. The van der Waals surface area contributed by atoms with E-state index in [1.165, 1.54) is 0 Å². The first-order chi connectivity index (χ1) is 8.66. The van der Waals surface area contributed by atoms with Crippen molar-refractivity contribution in [2.75, 3.05) is 19.6 Å². The number of hydrogen-bond donors (Lipinski definition) is 1. The highest BCUT2D eigenvalue weighted by Gasteiger charge is 2.19. The number of nitrogens with zero attached hydrogens (tertiary/aromatic N) is 3. The van der Waals surface area contributed by atoms with Gasteiger partial charge in [-0.3, -0.25) is 14.3 Å². The largest absolute Gasteiger partial charge is 0.352 e. The first kappa shape index (κ1) is 12.6. The third kappa shape index (κ3) is 3.09. The van der Waals surface area contributed by atoms with Crippen molar-refractivity contribution in [1.82, 2.24) is 20.0 Å². The van der Waals surface area contributed by atoms with E-state index in [4.69, 9.17) is 0 Å². The molecule has 0 atom stereocenters. The summed E-state index contributed by atoms with van der Waals surface area (Å²) in [6.45, 7) is 2.17. The first-order valence-electron chi connectivity index (χ1n) is 6.21. The van der Waals surface area contributed by atoms with E-state index < -0.39 is 0 Å². The number of carbonyl (C=O) groups excluding carboxylic acids is 2. The van der Waals surface area contributed by atoms with Crippen molar-refractivity contribution in [3.8, 4) is 0 Å². The topological polar surface area (TPSA) is 67.2 Å². The van der Waals surface area contributed by atoms with Crippen LogP contribution in [0.25, 0.3) is 0 Å². The molecule has 6 heteroatoms. The fraction of sp³-hybridized carbons (Fsp3) is 0.583. The summed E-state index contributed by atoms with van der Waals surface area (Å²) in [4.78, 5) is 24.9. The van der Waals surface area contributed by atoms with Gasteiger partial charge in [-0.15, -0.1) is 0 Å². The van der Waals surface area contributed by atoms with Crippen LogP contribution in [0.4, 0.5) is 0 Å². The maximum atomic E-state index is 11.7. The molecule has 1 N–H and O–H groups in total. The summed E-state index contributed by atoms with van der Waals surface area (Å²) in [5.41, 5.74) is 0.565. The zero-order valence-corrected chi connectivity index (χ0v) is 10.6. The molecular formula is C12H18N4O2. The molecule has 2 amide bonds. The second-order valence-corrected chi connectivity index (χ2v) is 4.50. The summed E-state index contributed by atoms with van der Waals surface area (Å²) < 4.78 is 1.60. The van der Waals surface area contributed by atoms with Crippen molar-refractivity contribution in [1.29, 1.82) is 0 Å². The second-order valence-electron chi connectivity index (χ2n) is 4.50. The molecule has 0 aliphatic carbocycles. The van der Waals surface area contributed by atoms with Crippen LogP contribution in [-0.2, 0) is 11.8 Å². The highest BCUT2D eigenvalue weighted by molar-refractivity contribution is 5.93. The van der Waals surface area contributed by atoms with Gasteiger partial charge in [0.2, 0.25) is 5.91 Å². The zero-order valence-electron chi connectivity index (χ0n) is 10.6. The van der Waals surface area contributed by atoms with Gasteiger partial charge < -0.3 is 10.2 Å². The van der Waals surface area contributed by atoms with E-state index in [0.29, 0.717) is 18.5 Å². The Morgan fingerprint density at radius 1 is 1.56 bits per heavy atom. The first-order valence-corrected chi connectivity index (χ1v) is 6.21. The Balaban J connectivity index is 1.66. The summed E-state index contributed by atoms with van der Waals surface area (Å²) in [5.74, 6) is 0.115. The number of hydrogen-bond acceptors (Lipinski definition) is 3. The molecule has 0 unspecified atom stereocenters. The quantitative estimate of drug-likeness (QED) is 0.757. The lowest BCUT2D eigenvalue weighted by Crippen LogP contribution is -2.30. The molecule has 1 aromatic heterocycles. The molecule has 6 nitrogen and oxygen atoms in total. The molecule has 1 fully saturated rings. The lowest BCUT2D eigenvalue weighted by Gasteiger charge is -2.15. The molecule has 2 heterocycles. The molecule has 0 bridgehead atoms. The van der Waals surface area contributed by atoms with Gasteiger partial charge in [0.05, 0.1) is 11.8 Å². The third-order valence-electron chi connectivity index (χ3n) is 3.03. The monoisotopic (exact) mass is 250 g/mol. The van der Waals surface area contributed by atoms with Gasteiger partial charge in [-0.25, -0.2) is 0 Å². The van der Waals surface area contributed by atoms with E-state index >= 15 is 0 Å². The van der Waals surface area contributed by atoms with Crippen molar-refractivity contribution >= 4 is 11.8 Å². The minimum Gasteiger partial charge on any atom is -0.352 e. The van der Waals surface area contributed by atoms with Crippen LogP contribution in [0.1, 0.15) is 29.6 Å². The van der Waals surface area contributed by atoms with Crippen molar-refractivity contribution in [2.45, 2.75) is 19.3 Å². The van der Waals surface area contributed by atoms with Gasteiger partial charge in [0.1, 0.15) is 0 Å². The molecule has 1 aromatic rings. The Morgan fingerprint density at radius 2 is 2.39 bits per heavy atom. The van der Waals surface area contributed by atoms with Crippen molar-refractivity contribution in [3.63, 3.8) is 0 Å². The summed E-state index contributed by atoms with van der Waals surface area (Å²) in [6, 6.07) is 0. The van der Waals surface area contributed by atoms with E-state index in [1.54, 1.807) is 24.1 Å². The molecule has 0 spiro atoms. The number of carbonyl (C=O) groups is 2. The molecule has 1 saturated heterocycles. The zero-order chi connectivity index (χ0) is 13.0. The lowest BCUT2D eigenvalue weighted by atomic mass is 10.3. The highest BCUT2D eigenvalue weighted by Crippen LogP contribution is 2.09. The van der Waals surface area contributed by atoms with Gasteiger partial charge in [-0.2, -0.15) is 5.10 Å². The van der Waals surface area contributed by atoms with Gasteiger partial charge >= 0.3 is 0 Å². The third-order valence-corrected chi connectivity index (χ3v) is 3.03. The standard InChI is InChI=1S/C12H18N4O2/c1-15-9-10(8-14-15)12(18)13-5-3-7-16-6-2-4-11(16)17/h8-9H,2-7H2,1H3,(H,13,18). The van der Waals surface area contributed by atoms with Crippen LogP contribution in [0.15, 0.2) is 12.4 Å². The average Bonchev–Trinajstić information content (AvgIpc) is 2.94. The number of rotatable bonds is 5. The minimum absolute atomic E-state index is 0.115. The average molecular weight is 250 g/mol.